The first kappa shape index (κ1) is 25.7. The number of likely N-dealkylation sites (N-methyl/N-ethyl adjacent to an activating group) is 1. The highest BCUT2D eigenvalue weighted by Gasteiger charge is 2.22. The monoisotopic (exact) mass is 539 g/mol. The van der Waals surface area contributed by atoms with Crippen molar-refractivity contribution in [3.63, 3.8) is 0 Å². The Morgan fingerprint density at radius 1 is 1.11 bits per heavy atom. The van der Waals surface area contributed by atoms with Crippen molar-refractivity contribution >= 4 is 52.3 Å². The van der Waals surface area contributed by atoms with Crippen molar-refractivity contribution in [1.82, 2.24) is 20.2 Å². The fourth-order valence-corrected chi connectivity index (χ4v) is 5.31. The highest BCUT2D eigenvalue weighted by Crippen LogP contribution is 2.29. The van der Waals surface area contributed by atoms with Gasteiger partial charge in [0.1, 0.15) is 11.4 Å². The molecular formula is C27H31Cl2N7O. The van der Waals surface area contributed by atoms with E-state index < -0.39 is 0 Å². The van der Waals surface area contributed by atoms with Crippen LogP contribution in [0.5, 0.6) is 0 Å². The number of anilines is 4. The average Bonchev–Trinajstić information content (AvgIpc) is 3.40. The highest BCUT2D eigenvalue weighted by atomic mass is 35.5. The molecule has 4 N–H and O–H groups in total. The Bertz CT molecular complexity index is 1250. The summed E-state index contributed by atoms with van der Waals surface area (Å²) in [5.41, 5.74) is 2.97. The molecule has 1 unspecified atom stereocenters. The van der Waals surface area contributed by atoms with Gasteiger partial charge in [-0.3, -0.25) is 9.69 Å². The van der Waals surface area contributed by atoms with Crippen LogP contribution in [0.25, 0.3) is 0 Å². The number of hydrogen-bond donors (Lipinski definition) is 4. The van der Waals surface area contributed by atoms with Gasteiger partial charge < -0.3 is 21.3 Å². The van der Waals surface area contributed by atoms with Gasteiger partial charge in [-0.25, -0.2) is 4.98 Å². The van der Waals surface area contributed by atoms with Gasteiger partial charge >= 0.3 is 0 Å². The lowest BCUT2D eigenvalue weighted by atomic mass is 10.0. The van der Waals surface area contributed by atoms with Crippen LogP contribution in [0.1, 0.15) is 47.6 Å². The van der Waals surface area contributed by atoms with Crippen molar-refractivity contribution in [1.29, 1.82) is 0 Å². The molecule has 1 saturated carbocycles. The van der Waals surface area contributed by atoms with E-state index in [2.05, 4.69) is 55.3 Å². The molecule has 1 atom stereocenters. The van der Waals surface area contributed by atoms with Crippen molar-refractivity contribution in [2.24, 2.45) is 0 Å². The maximum Gasteiger partial charge on any atom is 0.261 e. The standard InChI is InChI=1S/C27H31Cl2N7O/c1-36-13-12-30-16-24(36)17-6-9-20(10-7-17)33-27-31-15-21(25(35-27)32-19-4-2-3-5-19)26(37)34-23-11-8-18(28)14-22(23)29/h6-11,14-15,19,24,30H,2-5,12-13,16H2,1H3,(H,34,37)(H2,31,32,33,35). The second-order valence-electron chi connectivity index (χ2n) is 9.61. The molecule has 0 spiro atoms. The zero-order valence-corrected chi connectivity index (χ0v) is 22.2. The molecule has 1 aliphatic carbocycles. The van der Waals surface area contributed by atoms with E-state index in [1.807, 2.05) is 12.1 Å². The maximum absolute atomic E-state index is 13.2. The van der Waals surface area contributed by atoms with E-state index in [1.165, 1.54) is 5.56 Å². The third-order valence-corrected chi connectivity index (χ3v) is 7.52. The van der Waals surface area contributed by atoms with Gasteiger partial charge in [-0.1, -0.05) is 48.2 Å². The first-order chi connectivity index (χ1) is 18.0. The number of benzene rings is 2. The predicted molar refractivity (Wildman–Crippen MR) is 150 cm³/mol. The summed E-state index contributed by atoms with van der Waals surface area (Å²) in [6.45, 7) is 2.98. The summed E-state index contributed by atoms with van der Waals surface area (Å²) in [7, 11) is 2.16. The predicted octanol–water partition coefficient (Wildman–Crippen LogP) is 5.71. The van der Waals surface area contributed by atoms with Crippen molar-refractivity contribution in [2.45, 2.75) is 37.8 Å². The summed E-state index contributed by atoms with van der Waals surface area (Å²) in [6, 6.07) is 13.9. The Balaban J connectivity index is 1.35. The van der Waals surface area contributed by atoms with Gasteiger partial charge in [0.05, 0.1) is 10.7 Å². The van der Waals surface area contributed by atoms with E-state index in [0.29, 0.717) is 39.1 Å². The molecule has 10 heteroatoms. The number of carbonyl (C=O) groups excluding carboxylic acids is 1. The summed E-state index contributed by atoms with van der Waals surface area (Å²) in [5.74, 6) is 0.579. The lowest BCUT2D eigenvalue weighted by Gasteiger charge is -2.33. The zero-order chi connectivity index (χ0) is 25.8. The fourth-order valence-electron chi connectivity index (χ4n) is 4.86. The number of rotatable bonds is 7. The van der Waals surface area contributed by atoms with Gasteiger partial charge in [0.2, 0.25) is 5.95 Å². The Morgan fingerprint density at radius 2 is 1.89 bits per heavy atom. The van der Waals surface area contributed by atoms with Crippen LogP contribution in [0.4, 0.5) is 23.1 Å². The second-order valence-corrected chi connectivity index (χ2v) is 10.5. The molecule has 3 aromatic rings. The third kappa shape index (κ3) is 6.33. The maximum atomic E-state index is 13.2. The fraction of sp³-hybridized carbons (Fsp3) is 0.370. The van der Waals surface area contributed by atoms with Gasteiger partial charge in [-0.05, 0) is 55.8 Å². The molecule has 194 valence electrons. The first-order valence-electron chi connectivity index (χ1n) is 12.6. The number of halogens is 2. The molecule has 1 aliphatic heterocycles. The molecule has 2 aliphatic rings. The second kappa shape index (κ2) is 11.6. The average molecular weight is 540 g/mol. The van der Waals surface area contributed by atoms with Crippen LogP contribution in [-0.4, -0.2) is 53.5 Å². The quantitative estimate of drug-likeness (QED) is 0.305. The largest absolute Gasteiger partial charge is 0.367 e. The van der Waals surface area contributed by atoms with Crippen LogP contribution in [0.15, 0.2) is 48.7 Å². The summed E-state index contributed by atoms with van der Waals surface area (Å²) < 4.78 is 0. The van der Waals surface area contributed by atoms with Crippen molar-refractivity contribution in [3.05, 3.63) is 69.8 Å². The summed E-state index contributed by atoms with van der Waals surface area (Å²) in [4.78, 5) is 24.7. The van der Waals surface area contributed by atoms with E-state index >= 15 is 0 Å². The van der Waals surface area contributed by atoms with Crippen LogP contribution < -0.4 is 21.3 Å². The molecule has 1 saturated heterocycles. The molecule has 37 heavy (non-hydrogen) atoms. The molecule has 5 rings (SSSR count). The zero-order valence-electron chi connectivity index (χ0n) is 20.7. The minimum Gasteiger partial charge on any atom is -0.367 e. The minimum atomic E-state index is -0.342. The van der Waals surface area contributed by atoms with Crippen molar-refractivity contribution < 1.29 is 4.79 Å². The Labute approximate surface area is 227 Å². The SMILES string of the molecule is CN1CCNCC1c1ccc(Nc2ncc(C(=O)Nc3ccc(Cl)cc3Cl)c(NC3CCCC3)n2)cc1. The van der Waals surface area contributed by atoms with Crippen LogP contribution in [0.2, 0.25) is 10.0 Å². The van der Waals surface area contributed by atoms with Crippen molar-refractivity contribution in [3.8, 4) is 0 Å². The topological polar surface area (TPSA) is 94.2 Å². The number of piperazine rings is 1. The number of hydrogen-bond acceptors (Lipinski definition) is 7. The van der Waals surface area contributed by atoms with Gasteiger partial charge in [-0.15, -0.1) is 0 Å². The molecule has 0 bridgehead atoms. The Hall–Kier alpha value is -2.91. The van der Waals surface area contributed by atoms with E-state index in [-0.39, 0.29) is 11.9 Å². The highest BCUT2D eigenvalue weighted by molar-refractivity contribution is 6.36. The van der Waals surface area contributed by atoms with E-state index in [1.54, 1.807) is 24.4 Å². The summed E-state index contributed by atoms with van der Waals surface area (Å²) >= 11 is 12.3. The minimum absolute atomic E-state index is 0.272. The van der Waals surface area contributed by atoms with Crippen LogP contribution in [0.3, 0.4) is 0 Å². The lowest BCUT2D eigenvalue weighted by molar-refractivity contribution is 0.102. The van der Waals surface area contributed by atoms with Gasteiger partial charge in [0.15, 0.2) is 0 Å². The normalized spacial score (nSPS) is 18.5. The number of aromatic nitrogens is 2. The van der Waals surface area contributed by atoms with Crippen molar-refractivity contribution in [2.75, 3.05) is 42.6 Å². The number of nitrogens with zero attached hydrogens (tertiary/aromatic N) is 3. The molecule has 1 aromatic heterocycles. The van der Waals surface area contributed by atoms with Gasteiger partial charge in [0.25, 0.3) is 5.91 Å². The summed E-state index contributed by atoms with van der Waals surface area (Å²) in [6.07, 6.45) is 5.95. The van der Waals surface area contributed by atoms with E-state index in [9.17, 15) is 4.79 Å². The van der Waals surface area contributed by atoms with Gasteiger partial charge in [0, 0.05) is 48.6 Å². The summed E-state index contributed by atoms with van der Waals surface area (Å²) in [5, 5.41) is 13.9. The Morgan fingerprint density at radius 3 is 2.62 bits per heavy atom. The molecule has 2 heterocycles. The third-order valence-electron chi connectivity index (χ3n) is 6.97. The number of amides is 1. The molecule has 0 radical (unpaired) electrons. The molecular weight excluding hydrogens is 509 g/mol. The Kier molecular flexibility index (Phi) is 8.10. The van der Waals surface area contributed by atoms with E-state index in [4.69, 9.17) is 23.2 Å². The number of nitrogens with one attached hydrogen (secondary N) is 4. The smallest absolute Gasteiger partial charge is 0.261 e. The van der Waals surface area contributed by atoms with Crippen LogP contribution in [0, 0.1) is 0 Å². The van der Waals surface area contributed by atoms with Crippen LogP contribution in [-0.2, 0) is 0 Å². The number of carbonyl (C=O) groups is 1. The lowest BCUT2D eigenvalue weighted by Crippen LogP contribution is -2.43. The first-order valence-corrected chi connectivity index (χ1v) is 13.4. The van der Waals surface area contributed by atoms with E-state index in [0.717, 1.165) is 51.0 Å². The molecule has 2 fully saturated rings. The van der Waals surface area contributed by atoms with Gasteiger partial charge in [-0.2, -0.15) is 4.98 Å². The molecule has 8 nitrogen and oxygen atoms in total. The van der Waals surface area contributed by atoms with Crippen LogP contribution >= 0.6 is 23.2 Å². The molecule has 1 amide bonds. The molecule has 2 aromatic carbocycles.